The Morgan fingerprint density at radius 1 is 1.08 bits per heavy atom. The van der Waals surface area contributed by atoms with Crippen LogP contribution in [0.1, 0.15) is 41.7 Å². The highest BCUT2D eigenvalue weighted by atomic mass is 16.6. The number of methoxy groups -OCH3 is 1. The smallest absolute Gasteiger partial charge is 0.254 e. The van der Waals surface area contributed by atoms with Gasteiger partial charge in [-0.3, -0.25) is 4.79 Å². The largest absolute Gasteiger partial charge is 0.375 e. The Labute approximate surface area is 206 Å². The van der Waals surface area contributed by atoms with Gasteiger partial charge in [-0.1, -0.05) is 36.4 Å². The van der Waals surface area contributed by atoms with E-state index in [9.17, 15) is 9.90 Å². The molecule has 5 heterocycles. The van der Waals surface area contributed by atoms with Crippen molar-refractivity contribution in [1.29, 1.82) is 0 Å². The minimum absolute atomic E-state index is 0.0289. The molecule has 8 rings (SSSR count). The van der Waals surface area contributed by atoms with E-state index in [4.69, 9.17) is 9.47 Å². The molecule has 0 saturated carbocycles. The van der Waals surface area contributed by atoms with Crippen LogP contribution < -0.4 is 10.6 Å². The summed E-state index contributed by atoms with van der Waals surface area (Å²) >= 11 is 0. The normalized spacial score (nSPS) is 28.9. The molecule has 1 fully saturated rings. The number of fused-ring (bicyclic) bond motifs is 13. The first-order valence-corrected chi connectivity index (χ1v) is 12.4. The number of likely N-dealkylation sites (N-methyl/N-ethyl adjacent to an activating group) is 1. The van der Waals surface area contributed by atoms with Gasteiger partial charge in [0.1, 0.15) is 12.3 Å². The van der Waals surface area contributed by atoms with E-state index < -0.39 is 12.0 Å². The van der Waals surface area contributed by atoms with Gasteiger partial charge in [0.25, 0.3) is 5.91 Å². The van der Waals surface area contributed by atoms with Gasteiger partial charge >= 0.3 is 0 Å². The summed E-state index contributed by atoms with van der Waals surface area (Å²) in [6.45, 7) is 2.09. The Morgan fingerprint density at radius 2 is 1.78 bits per heavy atom. The lowest BCUT2D eigenvalue weighted by Gasteiger charge is -2.48. The van der Waals surface area contributed by atoms with E-state index in [1.54, 1.807) is 7.11 Å². The second-order valence-corrected chi connectivity index (χ2v) is 10.3. The topological polar surface area (TPSA) is 89.7 Å². The van der Waals surface area contributed by atoms with E-state index in [1.807, 2.05) is 31.3 Å². The molecule has 0 spiro atoms. The number of nitrogens with zero attached hydrogens (tertiary/aromatic N) is 2. The summed E-state index contributed by atoms with van der Waals surface area (Å²) in [7, 11) is 3.70. The van der Waals surface area contributed by atoms with Gasteiger partial charge in [-0.25, -0.2) is 0 Å². The SMILES string of the molecule is CN[C@H]1C[C@@H]2O[C@](C)([C@H]1OC)n1c3ccccc3c3c4c(c5c6ccccc6n2c5c31)C(=O)N[C@H]4O. The maximum atomic E-state index is 13.4. The van der Waals surface area contributed by atoms with Crippen LogP contribution in [0.15, 0.2) is 48.5 Å². The lowest BCUT2D eigenvalue weighted by atomic mass is 9.93. The molecule has 3 aliphatic rings. The van der Waals surface area contributed by atoms with Crippen molar-refractivity contribution < 1.29 is 19.4 Å². The van der Waals surface area contributed by atoms with Gasteiger partial charge in [0.15, 0.2) is 12.0 Å². The Morgan fingerprint density at radius 3 is 2.50 bits per heavy atom. The highest BCUT2D eigenvalue weighted by Crippen LogP contribution is 2.54. The van der Waals surface area contributed by atoms with Gasteiger partial charge in [0.2, 0.25) is 0 Å². The third-order valence-electron chi connectivity index (χ3n) is 8.65. The second-order valence-electron chi connectivity index (χ2n) is 10.3. The van der Waals surface area contributed by atoms with Crippen molar-refractivity contribution in [2.75, 3.05) is 14.2 Å². The number of rotatable bonds is 2. The number of carbonyl (C=O) groups excluding carboxylic acids is 1. The quantitative estimate of drug-likeness (QED) is 0.356. The molecule has 1 amide bonds. The molecular formula is C28H26N4O4. The summed E-state index contributed by atoms with van der Waals surface area (Å²) < 4.78 is 17.7. The molecule has 36 heavy (non-hydrogen) atoms. The van der Waals surface area contributed by atoms with Crippen LogP contribution in [0, 0.1) is 0 Å². The van der Waals surface area contributed by atoms with Gasteiger partial charge in [0, 0.05) is 46.7 Å². The summed E-state index contributed by atoms with van der Waals surface area (Å²) in [6, 6.07) is 16.4. The van der Waals surface area contributed by atoms with Crippen LogP contribution in [0.4, 0.5) is 0 Å². The van der Waals surface area contributed by atoms with Crippen molar-refractivity contribution in [3.05, 3.63) is 59.7 Å². The minimum Gasteiger partial charge on any atom is -0.375 e. The van der Waals surface area contributed by atoms with Gasteiger partial charge in [-0.15, -0.1) is 0 Å². The number of benzene rings is 3. The van der Waals surface area contributed by atoms with E-state index in [1.165, 1.54) is 0 Å². The first-order valence-electron chi connectivity index (χ1n) is 12.4. The molecule has 0 radical (unpaired) electrons. The number of aliphatic hydroxyl groups excluding tert-OH is 1. The van der Waals surface area contributed by atoms with Crippen LogP contribution in [0.2, 0.25) is 0 Å². The Kier molecular flexibility index (Phi) is 3.83. The molecule has 3 aromatic carbocycles. The average molecular weight is 483 g/mol. The monoisotopic (exact) mass is 482 g/mol. The summed E-state index contributed by atoms with van der Waals surface area (Å²) in [5, 5.41) is 21.1. The molecule has 182 valence electrons. The third kappa shape index (κ3) is 2.15. The summed E-state index contributed by atoms with van der Waals surface area (Å²) in [5.41, 5.74) is 4.25. The van der Waals surface area contributed by atoms with Crippen LogP contribution in [0.5, 0.6) is 0 Å². The fourth-order valence-corrected chi connectivity index (χ4v) is 7.38. The molecular weight excluding hydrogens is 456 g/mol. The molecule has 5 atom stereocenters. The summed E-state index contributed by atoms with van der Waals surface area (Å²) in [6.07, 6.45) is -0.941. The number of ether oxygens (including phenoxy) is 2. The maximum absolute atomic E-state index is 13.4. The minimum atomic E-state index is -1.09. The van der Waals surface area contributed by atoms with Crippen molar-refractivity contribution in [3.8, 4) is 0 Å². The number of para-hydroxylation sites is 2. The van der Waals surface area contributed by atoms with E-state index >= 15 is 0 Å². The zero-order valence-corrected chi connectivity index (χ0v) is 20.2. The molecule has 3 N–H and O–H groups in total. The maximum Gasteiger partial charge on any atom is 0.254 e. The first-order chi connectivity index (χ1) is 17.5. The molecule has 8 nitrogen and oxygen atoms in total. The molecule has 8 heteroatoms. The second kappa shape index (κ2) is 6.66. The fraction of sp³-hybridized carbons (Fsp3) is 0.321. The number of amides is 1. The Balaban J connectivity index is 1.73. The van der Waals surface area contributed by atoms with Gasteiger partial charge in [-0.2, -0.15) is 0 Å². The Hall–Kier alpha value is -3.43. The highest BCUT2D eigenvalue weighted by Gasteiger charge is 2.53. The highest BCUT2D eigenvalue weighted by molar-refractivity contribution is 6.31. The molecule has 0 aliphatic carbocycles. The zero-order chi connectivity index (χ0) is 24.5. The lowest BCUT2D eigenvalue weighted by molar-refractivity contribution is -0.256. The number of hydrogen-bond donors (Lipinski definition) is 3. The number of hydrogen-bond acceptors (Lipinski definition) is 5. The number of aromatic nitrogens is 2. The standard InChI is InChI=1S/C28H26N4O4/c1-28-25(35-3)15(29-2)12-18(36-28)31-16-10-6-4-8-13(16)19-21-22(27(34)30-26(21)33)20-14-9-5-7-11-17(14)32(28)24(20)23(19)31/h4-11,15,18,25,27,29,34H,12H2,1-3H3,(H,30,33)/t15-,18-,25-,27-,28+/m0/s1. The lowest BCUT2D eigenvalue weighted by Crippen LogP contribution is -2.59. The van der Waals surface area contributed by atoms with Crippen LogP contribution in [-0.4, -0.2) is 46.5 Å². The average Bonchev–Trinajstić information content (AvgIpc) is 3.48. The molecule has 2 aromatic heterocycles. The van der Waals surface area contributed by atoms with Crippen molar-refractivity contribution >= 4 is 49.5 Å². The predicted octanol–water partition coefficient (Wildman–Crippen LogP) is 3.84. The van der Waals surface area contributed by atoms with Crippen molar-refractivity contribution in [2.45, 2.75) is 43.7 Å². The van der Waals surface area contributed by atoms with E-state index in [2.05, 4.69) is 51.0 Å². The van der Waals surface area contributed by atoms with Crippen LogP contribution >= 0.6 is 0 Å². The van der Waals surface area contributed by atoms with Gasteiger partial charge < -0.3 is 34.3 Å². The molecule has 0 unspecified atom stereocenters. The third-order valence-corrected chi connectivity index (χ3v) is 8.65. The van der Waals surface area contributed by atoms with E-state index in [-0.39, 0.29) is 24.3 Å². The van der Waals surface area contributed by atoms with E-state index in [0.29, 0.717) is 17.5 Å². The number of nitrogens with one attached hydrogen (secondary N) is 2. The summed E-state index contributed by atoms with van der Waals surface area (Å²) in [5.74, 6) is -0.249. The molecule has 5 aromatic rings. The summed E-state index contributed by atoms with van der Waals surface area (Å²) in [4.78, 5) is 13.4. The first kappa shape index (κ1) is 20.7. The number of carbonyl (C=O) groups is 1. The Bertz CT molecular complexity index is 1790. The van der Waals surface area contributed by atoms with Crippen LogP contribution in [-0.2, 0) is 15.2 Å². The zero-order valence-electron chi connectivity index (χ0n) is 20.2. The van der Waals surface area contributed by atoms with Crippen LogP contribution in [0.25, 0.3) is 43.6 Å². The van der Waals surface area contributed by atoms with Crippen molar-refractivity contribution in [2.24, 2.45) is 0 Å². The van der Waals surface area contributed by atoms with Gasteiger partial charge in [-0.05, 0) is 26.1 Å². The number of aliphatic hydroxyl groups is 1. The molecule has 1 saturated heterocycles. The van der Waals surface area contributed by atoms with Crippen LogP contribution in [0.3, 0.4) is 0 Å². The van der Waals surface area contributed by atoms with Gasteiger partial charge in [0.05, 0.1) is 27.6 Å². The predicted molar refractivity (Wildman–Crippen MR) is 137 cm³/mol. The fourth-order valence-electron chi connectivity index (χ4n) is 7.38. The van der Waals surface area contributed by atoms with Crippen molar-refractivity contribution in [1.82, 2.24) is 19.8 Å². The van der Waals surface area contributed by atoms with Crippen molar-refractivity contribution in [3.63, 3.8) is 0 Å². The molecule has 3 aliphatic heterocycles. The van der Waals surface area contributed by atoms with E-state index in [0.717, 1.165) is 43.6 Å². The molecule has 2 bridgehead atoms.